The predicted octanol–water partition coefficient (Wildman–Crippen LogP) is 4.15. The Balaban J connectivity index is 2.10. The van der Waals surface area contributed by atoms with Crippen LogP contribution in [0, 0.1) is 0 Å². The lowest BCUT2D eigenvalue weighted by atomic mass is 10.2. The quantitative estimate of drug-likeness (QED) is 0.585. The van der Waals surface area contributed by atoms with E-state index in [9.17, 15) is 0 Å². The number of halogens is 2. The molecule has 4 nitrogen and oxygen atoms in total. The number of anilines is 1. The van der Waals surface area contributed by atoms with Crippen molar-refractivity contribution < 1.29 is 4.74 Å². The van der Waals surface area contributed by atoms with Crippen LogP contribution in [0.1, 0.15) is 5.56 Å². The Morgan fingerprint density at radius 3 is 2.57 bits per heavy atom. The van der Waals surface area contributed by atoms with Gasteiger partial charge in [0.2, 0.25) is 0 Å². The molecule has 21 heavy (non-hydrogen) atoms. The molecule has 0 atom stereocenters. The molecule has 0 bridgehead atoms. The number of nitrogens with zero attached hydrogens (tertiary/aromatic N) is 1. The van der Waals surface area contributed by atoms with Crippen LogP contribution in [-0.4, -0.2) is 13.1 Å². The summed E-state index contributed by atoms with van der Waals surface area (Å²) in [6, 6.07) is 13.7. The summed E-state index contributed by atoms with van der Waals surface area (Å²) in [5.41, 5.74) is 7.82. The largest absolute Gasteiger partial charge is 0.495 e. The maximum Gasteiger partial charge on any atom is 0.193 e. The number of methoxy groups -OCH3 is 1. The molecule has 2 aromatic rings. The molecule has 6 heteroatoms. The van der Waals surface area contributed by atoms with E-state index in [0.717, 1.165) is 25.9 Å². The number of benzene rings is 2. The zero-order valence-electron chi connectivity index (χ0n) is 11.4. The molecule has 2 rings (SSSR count). The highest BCUT2D eigenvalue weighted by atomic mass is 79.9. The molecule has 110 valence electrons. The monoisotopic (exact) mass is 411 g/mol. The molecule has 0 radical (unpaired) electrons. The number of hydrogen-bond acceptors (Lipinski definition) is 2. The molecule has 0 amide bonds. The second-order valence-electron chi connectivity index (χ2n) is 4.28. The van der Waals surface area contributed by atoms with Crippen molar-refractivity contribution in [3.63, 3.8) is 0 Å². The van der Waals surface area contributed by atoms with E-state index in [0.29, 0.717) is 12.5 Å². The Morgan fingerprint density at radius 2 is 1.90 bits per heavy atom. The summed E-state index contributed by atoms with van der Waals surface area (Å²) in [7, 11) is 1.62. The molecular formula is C15H15Br2N3O. The van der Waals surface area contributed by atoms with Gasteiger partial charge >= 0.3 is 0 Å². The highest BCUT2D eigenvalue weighted by Crippen LogP contribution is 2.34. The fraction of sp³-hybridized carbons (Fsp3) is 0.133. The lowest BCUT2D eigenvalue weighted by Gasteiger charge is -2.11. The SMILES string of the molecule is COc1cc(NC(N)=NCc2ccccc2)c(Br)cc1Br. The lowest BCUT2D eigenvalue weighted by molar-refractivity contribution is 0.412. The minimum absolute atomic E-state index is 0.351. The first kappa shape index (κ1) is 15.9. The Bertz CT molecular complexity index is 645. The van der Waals surface area contributed by atoms with E-state index in [1.807, 2.05) is 42.5 Å². The summed E-state index contributed by atoms with van der Waals surface area (Å²) in [4.78, 5) is 4.32. The van der Waals surface area contributed by atoms with E-state index < -0.39 is 0 Å². The molecule has 0 unspecified atom stereocenters. The first-order valence-electron chi connectivity index (χ1n) is 6.24. The van der Waals surface area contributed by atoms with E-state index >= 15 is 0 Å². The summed E-state index contributed by atoms with van der Waals surface area (Å²) in [6.45, 7) is 0.533. The van der Waals surface area contributed by atoms with Crippen LogP contribution >= 0.6 is 31.9 Å². The van der Waals surface area contributed by atoms with Gasteiger partial charge in [0.05, 0.1) is 23.8 Å². The molecular weight excluding hydrogens is 398 g/mol. The molecule has 0 spiro atoms. The van der Waals surface area contributed by atoms with E-state index in [1.165, 1.54) is 0 Å². The van der Waals surface area contributed by atoms with E-state index in [4.69, 9.17) is 10.5 Å². The number of aliphatic imine (C=N–C) groups is 1. The first-order chi connectivity index (χ1) is 10.1. The van der Waals surface area contributed by atoms with Gasteiger partial charge in [0.15, 0.2) is 5.96 Å². The van der Waals surface area contributed by atoms with Gasteiger partial charge in [0.1, 0.15) is 5.75 Å². The summed E-state index contributed by atoms with van der Waals surface area (Å²) in [5, 5.41) is 3.06. The van der Waals surface area contributed by atoms with Crippen LogP contribution < -0.4 is 15.8 Å². The number of hydrogen-bond donors (Lipinski definition) is 2. The average molecular weight is 413 g/mol. The van der Waals surface area contributed by atoms with Crippen LogP contribution in [0.15, 0.2) is 56.4 Å². The average Bonchev–Trinajstić information content (AvgIpc) is 2.49. The fourth-order valence-electron chi connectivity index (χ4n) is 1.72. The smallest absolute Gasteiger partial charge is 0.193 e. The van der Waals surface area contributed by atoms with Gasteiger partial charge in [0.25, 0.3) is 0 Å². The van der Waals surface area contributed by atoms with Gasteiger partial charge in [-0.25, -0.2) is 4.99 Å². The highest BCUT2D eigenvalue weighted by Gasteiger charge is 2.07. The van der Waals surface area contributed by atoms with Gasteiger partial charge in [0, 0.05) is 10.5 Å². The maximum atomic E-state index is 5.92. The molecule has 0 heterocycles. The van der Waals surface area contributed by atoms with E-state index in [-0.39, 0.29) is 0 Å². The number of ether oxygens (including phenoxy) is 1. The third-order valence-corrected chi connectivity index (χ3v) is 4.05. The fourth-order valence-corrected chi connectivity index (χ4v) is 2.97. The van der Waals surface area contributed by atoms with Crippen molar-refractivity contribution in [1.82, 2.24) is 0 Å². The van der Waals surface area contributed by atoms with Gasteiger partial charge in [-0.05, 0) is 43.5 Å². The molecule has 2 aromatic carbocycles. The minimum Gasteiger partial charge on any atom is -0.495 e. The van der Waals surface area contributed by atoms with Gasteiger partial charge in [-0.2, -0.15) is 0 Å². The van der Waals surface area contributed by atoms with Crippen molar-refractivity contribution in [2.45, 2.75) is 6.54 Å². The van der Waals surface area contributed by atoms with Crippen LogP contribution in [0.2, 0.25) is 0 Å². The molecule has 0 aliphatic carbocycles. The first-order valence-corrected chi connectivity index (χ1v) is 7.82. The zero-order valence-corrected chi connectivity index (χ0v) is 14.6. The topological polar surface area (TPSA) is 59.6 Å². The molecule has 3 N–H and O–H groups in total. The summed E-state index contributed by atoms with van der Waals surface area (Å²) in [5.74, 6) is 1.07. The van der Waals surface area contributed by atoms with E-state index in [2.05, 4.69) is 42.2 Å². The number of nitrogens with one attached hydrogen (secondary N) is 1. The van der Waals surface area contributed by atoms with Crippen molar-refractivity contribution in [2.75, 3.05) is 12.4 Å². The Hall–Kier alpha value is -1.53. The molecule has 0 saturated carbocycles. The molecule has 0 aliphatic heterocycles. The molecule has 0 aromatic heterocycles. The summed E-state index contributed by atoms with van der Waals surface area (Å²) < 4.78 is 6.99. The summed E-state index contributed by atoms with van der Waals surface area (Å²) in [6.07, 6.45) is 0. The normalized spacial score (nSPS) is 11.3. The van der Waals surface area contributed by atoms with E-state index in [1.54, 1.807) is 7.11 Å². The van der Waals surface area contributed by atoms with Crippen molar-refractivity contribution in [3.05, 3.63) is 57.0 Å². The van der Waals surface area contributed by atoms with Gasteiger partial charge in [-0.3, -0.25) is 0 Å². The van der Waals surface area contributed by atoms with Crippen LogP contribution in [0.3, 0.4) is 0 Å². The van der Waals surface area contributed by atoms with Crippen molar-refractivity contribution >= 4 is 43.5 Å². The zero-order chi connectivity index (χ0) is 15.2. The third kappa shape index (κ3) is 4.47. The Morgan fingerprint density at radius 1 is 1.19 bits per heavy atom. The Kier molecular flexibility index (Phi) is 5.64. The molecule has 0 fully saturated rings. The maximum absolute atomic E-state index is 5.92. The van der Waals surface area contributed by atoms with Crippen LogP contribution in [0.4, 0.5) is 5.69 Å². The van der Waals surface area contributed by atoms with Gasteiger partial charge in [-0.15, -0.1) is 0 Å². The predicted molar refractivity (Wildman–Crippen MR) is 93.8 cm³/mol. The van der Waals surface area contributed by atoms with Gasteiger partial charge < -0.3 is 15.8 Å². The van der Waals surface area contributed by atoms with Crippen molar-refractivity contribution in [3.8, 4) is 5.75 Å². The summed E-state index contributed by atoms with van der Waals surface area (Å²) >= 11 is 6.90. The van der Waals surface area contributed by atoms with Crippen LogP contribution in [0.25, 0.3) is 0 Å². The Labute approximate surface area is 140 Å². The highest BCUT2D eigenvalue weighted by molar-refractivity contribution is 9.11. The van der Waals surface area contributed by atoms with Crippen LogP contribution in [-0.2, 0) is 6.54 Å². The molecule has 0 aliphatic rings. The van der Waals surface area contributed by atoms with Crippen LogP contribution in [0.5, 0.6) is 5.75 Å². The van der Waals surface area contributed by atoms with Crippen molar-refractivity contribution in [2.24, 2.45) is 10.7 Å². The van der Waals surface area contributed by atoms with Gasteiger partial charge in [-0.1, -0.05) is 30.3 Å². The third-order valence-electron chi connectivity index (χ3n) is 2.78. The lowest BCUT2D eigenvalue weighted by Crippen LogP contribution is -2.22. The number of rotatable bonds is 4. The number of nitrogens with two attached hydrogens (primary N) is 1. The molecule has 0 saturated heterocycles. The second-order valence-corrected chi connectivity index (χ2v) is 5.99. The van der Waals surface area contributed by atoms with Crippen molar-refractivity contribution in [1.29, 1.82) is 0 Å². The number of guanidine groups is 1. The standard InChI is InChI=1S/C15H15Br2N3O/c1-21-14-8-13(11(16)7-12(14)17)20-15(18)19-9-10-5-3-2-4-6-10/h2-8H,9H2,1H3,(H3,18,19,20). The second kappa shape index (κ2) is 7.47. The minimum atomic E-state index is 0.351.